The van der Waals surface area contributed by atoms with Crippen LogP contribution in [-0.2, 0) is 14.4 Å². The maximum Gasteiger partial charge on any atom is 0.294 e. The Kier molecular flexibility index (Phi) is 7.01. The normalized spacial score (nSPS) is 11.4. The van der Waals surface area contributed by atoms with Gasteiger partial charge < -0.3 is 15.5 Å². The molecule has 8 nitrogen and oxygen atoms in total. The first-order valence-corrected chi connectivity index (χ1v) is 5.03. The second kappa shape index (κ2) is 7.74. The maximum absolute atomic E-state index is 11.4. The first-order valence-electron chi connectivity index (χ1n) is 4.40. The molecule has 0 aromatic carbocycles. The number of hydrogen-bond donors (Lipinski definition) is 3. The topological polar surface area (TPSA) is 111 Å². The number of nitrogens with zero attached hydrogens (tertiary/aromatic N) is 1. The molecule has 0 aromatic heterocycles. The van der Waals surface area contributed by atoms with E-state index in [0.717, 1.165) is 0 Å². The highest BCUT2D eigenvalue weighted by atomic mass is 32.1. The van der Waals surface area contributed by atoms with Crippen molar-refractivity contribution in [2.75, 3.05) is 18.9 Å². The number of thiol groups is 1. The lowest BCUT2D eigenvalue weighted by molar-refractivity contribution is -0.757. The van der Waals surface area contributed by atoms with Gasteiger partial charge in [0.15, 0.2) is 0 Å². The van der Waals surface area contributed by atoms with Gasteiger partial charge in [-0.05, 0) is 0 Å². The fourth-order valence-corrected chi connectivity index (χ4v) is 1.11. The summed E-state index contributed by atoms with van der Waals surface area (Å²) in [5, 5.41) is 13.6. The third kappa shape index (κ3) is 6.87. The van der Waals surface area contributed by atoms with Crippen LogP contribution in [0.25, 0.3) is 0 Å². The molecule has 0 spiro atoms. The van der Waals surface area contributed by atoms with Crippen LogP contribution < -0.4 is 10.6 Å². The van der Waals surface area contributed by atoms with E-state index in [2.05, 4.69) is 28.1 Å². The Bertz CT molecular complexity index is 273. The third-order valence-corrected chi connectivity index (χ3v) is 1.84. The highest BCUT2D eigenvalue weighted by Gasteiger charge is 2.16. The van der Waals surface area contributed by atoms with Gasteiger partial charge >= 0.3 is 0 Å². The smallest absolute Gasteiger partial charge is 0.294 e. The molecular formula is C7H13N3O5S. The standard InChI is InChI=1S/C7H13N3O5S/c1-5(11)9-6(4-16)7(12)8-2-3-15-10(13)14/h6,16H,2-4H2,1H3,(H,8,12)(H,9,11)/t6-/m0/s1. The van der Waals surface area contributed by atoms with Crippen LogP contribution in [0.1, 0.15) is 6.92 Å². The van der Waals surface area contributed by atoms with E-state index in [9.17, 15) is 19.7 Å². The van der Waals surface area contributed by atoms with Gasteiger partial charge in [0.2, 0.25) is 11.8 Å². The first kappa shape index (κ1) is 14.5. The van der Waals surface area contributed by atoms with E-state index in [0.29, 0.717) is 0 Å². The Hall–Kier alpha value is -1.51. The van der Waals surface area contributed by atoms with E-state index in [-0.39, 0.29) is 24.8 Å². The van der Waals surface area contributed by atoms with Crippen molar-refractivity contribution in [3.8, 4) is 0 Å². The molecule has 0 saturated carbocycles. The molecule has 0 aromatic rings. The fourth-order valence-electron chi connectivity index (χ4n) is 0.857. The molecular weight excluding hydrogens is 238 g/mol. The quantitative estimate of drug-likeness (QED) is 0.226. The first-order chi connectivity index (χ1) is 7.47. The lowest BCUT2D eigenvalue weighted by Gasteiger charge is -2.14. The van der Waals surface area contributed by atoms with Gasteiger partial charge in [-0.2, -0.15) is 12.6 Å². The van der Waals surface area contributed by atoms with Crippen LogP contribution in [0, 0.1) is 10.1 Å². The van der Waals surface area contributed by atoms with Crippen molar-refractivity contribution in [1.29, 1.82) is 0 Å². The minimum atomic E-state index is -0.948. The Balaban J connectivity index is 3.84. The summed E-state index contributed by atoms with van der Waals surface area (Å²) in [5.41, 5.74) is 0. The van der Waals surface area contributed by atoms with Gasteiger partial charge in [-0.25, -0.2) is 0 Å². The fraction of sp³-hybridized carbons (Fsp3) is 0.714. The molecule has 0 aliphatic carbocycles. The van der Waals surface area contributed by atoms with E-state index in [1.54, 1.807) is 0 Å². The van der Waals surface area contributed by atoms with Crippen molar-refractivity contribution in [2.45, 2.75) is 13.0 Å². The number of carbonyl (C=O) groups is 2. The second-order valence-corrected chi connectivity index (χ2v) is 3.15. The van der Waals surface area contributed by atoms with E-state index < -0.39 is 17.0 Å². The number of rotatable bonds is 7. The summed E-state index contributed by atoms with van der Waals surface area (Å²) in [4.78, 5) is 35.8. The maximum atomic E-state index is 11.4. The van der Waals surface area contributed by atoms with Crippen molar-refractivity contribution in [3.05, 3.63) is 10.1 Å². The van der Waals surface area contributed by atoms with E-state index in [1.165, 1.54) is 6.92 Å². The number of carbonyl (C=O) groups excluding carboxylic acids is 2. The average molecular weight is 251 g/mol. The van der Waals surface area contributed by atoms with E-state index >= 15 is 0 Å². The zero-order valence-corrected chi connectivity index (χ0v) is 9.53. The Labute approximate surface area is 97.2 Å². The lowest BCUT2D eigenvalue weighted by atomic mass is 10.3. The SMILES string of the molecule is CC(=O)N[C@@H](CS)C(=O)NCCO[N+](=O)[O-]. The van der Waals surface area contributed by atoms with Crippen LogP contribution in [0.5, 0.6) is 0 Å². The molecule has 0 heterocycles. The highest BCUT2D eigenvalue weighted by molar-refractivity contribution is 7.80. The minimum Gasteiger partial charge on any atom is -0.352 e. The van der Waals surface area contributed by atoms with Crippen LogP contribution in [0.3, 0.4) is 0 Å². The van der Waals surface area contributed by atoms with Gasteiger partial charge in [-0.15, -0.1) is 10.1 Å². The Morgan fingerprint density at radius 1 is 1.56 bits per heavy atom. The molecule has 0 saturated heterocycles. The van der Waals surface area contributed by atoms with E-state index in [4.69, 9.17) is 0 Å². The molecule has 0 aliphatic rings. The van der Waals surface area contributed by atoms with Crippen LogP contribution in [-0.4, -0.2) is 41.8 Å². The molecule has 0 bridgehead atoms. The van der Waals surface area contributed by atoms with Crippen LogP contribution in [0.15, 0.2) is 0 Å². The van der Waals surface area contributed by atoms with Crippen molar-refractivity contribution in [1.82, 2.24) is 10.6 Å². The van der Waals surface area contributed by atoms with Crippen LogP contribution in [0.2, 0.25) is 0 Å². The summed E-state index contributed by atoms with van der Waals surface area (Å²) in [6.07, 6.45) is 0. The van der Waals surface area contributed by atoms with Crippen molar-refractivity contribution in [3.63, 3.8) is 0 Å². The van der Waals surface area contributed by atoms with Gasteiger partial charge in [0, 0.05) is 19.2 Å². The van der Waals surface area contributed by atoms with Crippen molar-refractivity contribution < 1.29 is 19.5 Å². The molecule has 92 valence electrons. The highest BCUT2D eigenvalue weighted by Crippen LogP contribution is 1.88. The number of nitrogens with one attached hydrogen (secondary N) is 2. The molecule has 16 heavy (non-hydrogen) atoms. The van der Waals surface area contributed by atoms with Crippen LogP contribution in [0.4, 0.5) is 0 Å². The summed E-state index contributed by atoms with van der Waals surface area (Å²) in [7, 11) is 0. The van der Waals surface area contributed by atoms with Gasteiger partial charge in [0.05, 0.1) is 0 Å². The van der Waals surface area contributed by atoms with Gasteiger partial charge in [0.25, 0.3) is 5.09 Å². The van der Waals surface area contributed by atoms with E-state index in [1.807, 2.05) is 0 Å². The largest absolute Gasteiger partial charge is 0.352 e. The molecule has 9 heteroatoms. The zero-order chi connectivity index (χ0) is 12.6. The lowest BCUT2D eigenvalue weighted by Crippen LogP contribution is -2.48. The summed E-state index contributed by atoms with van der Waals surface area (Å²) in [5.74, 6) is -0.672. The molecule has 2 N–H and O–H groups in total. The Morgan fingerprint density at radius 2 is 2.19 bits per heavy atom. The Morgan fingerprint density at radius 3 is 2.62 bits per heavy atom. The summed E-state index contributed by atoms with van der Waals surface area (Å²) in [6.45, 7) is 1.03. The van der Waals surface area contributed by atoms with Crippen molar-refractivity contribution in [2.24, 2.45) is 0 Å². The van der Waals surface area contributed by atoms with Gasteiger partial charge in [0.1, 0.15) is 12.6 Å². The zero-order valence-electron chi connectivity index (χ0n) is 8.63. The monoisotopic (exact) mass is 251 g/mol. The summed E-state index contributed by atoms with van der Waals surface area (Å²) in [6, 6.07) is -0.753. The predicted octanol–water partition coefficient (Wildman–Crippen LogP) is -1.25. The molecule has 0 fully saturated rings. The molecule has 0 rings (SSSR count). The van der Waals surface area contributed by atoms with Crippen LogP contribution >= 0.6 is 12.6 Å². The second-order valence-electron chi connectivity index (χ2n) is 2.78. The number of amides is 2. The molecule has 2 amide bonds. The molecule has 0 aliphatic heterocycles. The predicted molar refractivity (Wildman–Crippen MR) is 57.4 cm³/mol. The van der Waals surface area contributed by atoms with Gasteiger partial charge in [-0.3, -0.25) is 9.59 Å². The average Bonchev–Trinajstić information content (AvgIpc) is 2.20. The molecule has 0 radical (unpaired) electrons. The summed E-state index contributed by atoms with van der Waals surface area (Å²) < 4.78 is 0. The minimum absolute atomic E-state index is 0.0102. The van der Waals surface area contributed by atoms with Crippen molar-refractivity contribution >= 4 is 24.4 Å². The molecule has 0 unspecified atom stereocenters. The molecule has 1 atom stereocenters. The van der Waals surface area contributed by atoms with Gasteiger partial charge in [-0.1, -0.05) is 0 Å². The number of hydrogen-bond acceptors (Lipinski definition) is 6. The summed E-state index contributed by atoms with van der Waals surface area (Å²) >= 11 is 3.89. The third-order valence-electron chi connectivity index (χ3n) is 1.47.